The molecule has 1 aliphatic carbocycles. The van der Waals surface area contributed by atoms with Gasteiger partial charge in [-0.05, 0) is 52.4 Å². The van der Waals surface area contributed by atoms with E-state index in [2.05, 4.69) is 80.6 Å². The van der Waals surface area contributed by atoms with Gasteiger partial charge in [0.1, 0.15) is 5.58 Å². The van der Waals surface area contributed by atoms with E-state index in [4.69, 9.17) is 14.5 Å². The van der Waals surface area contributed by atoms with Crippen molar-refractivity contribution >= 4 is 38.5 Å². The van der Waals surface area contributed by atoms with Crippen LogP contribution in [0.5, 0.6) is 0 Å². The van der Waals surface area contributed by atoms with Crippen molar-refractivity contribution in [3.05, 3.63) is 114 Å². The van der Waals surface area contributed by atoms with Crippen LogP contribution in [-0.2, 0) is 30.3 Å². The molecule has 0 amide bonds. The van der Waals surface area contributed by atoms with Gasteiger partial charge in [0.2, 0.25) is 0 Å². The summed E-state index contributed by atoms with van der Waals surface area (Å²) in [5.74, 6) is -0.0625. The first-order valence-electron chi connectivity index (χ1n) is 13.0. The molecule has 0 fully saturated rings. The largest absolute Gasteiger partial charge is 0.512 e. The molecule has 0 aliphatic heterocycles. The number of pyridine rings is 1. The third-order valence-electron chi connectivity index (χ3n) is 7.41. The van der Waals surface area contributed by atoms with Crippen LogP contribution in [0.4, 0.5) is 0 Å². The molecule has 40 heavy (non-hydrogen) atoms. The number of aromatic nitrogens is 1. The van der Waals surface area contributed by atoms with E-state index in [1.165, 1.54) is 41.8 Å². The van der Waals surface area contributed by atoms with Crippen molar-refractivity contribution < 1.29 is 34.4 Å². The summed E-state index contributed by atoms with van der Waals surface area (Å²) in [7, 11) is 0. The van der Waals surface area contributed by atoms with E-state index in [0.29, 0.717) is 0 Å². The van der Waals surface area contributed by atoms with Gasteiger partial charge in [0.25, 0.3) is 0 Å². The molecule has 2 aromatic heterocycles. The van der Waals surface area contributed by atoms with Crippen molar-refractivity contribution in [2.24, 2.45) is 0 Å². The number of hydrogen-bond acceptors (Lipinski definition) is 4. The Kier molecular flexibility index (Phi) is 7.22. The van der Waals surface area contributed by atoms with Crippen molar-refractivity contribution in [1.29, 1.82) is 0 Å². The normalized spacial score (nSPS) is 13.3. The molecule has 0 spiro atoms. The van der Waals surface area contributed by atoms with E-state index in [0.717, 1.165) is 44.3 Å². The summed E-state index contributed by atoms with van der Waals surface area (Å²) in [6.07, 6.45) is 3.15. The van der Waals surface area contributed by atoms with Crippen LogP contribution in [0.3, 0.4) is 0 Å². The predicted molar refractivity (Wildman–Crippen MR) is 158 cm³/mol. The average molecular weight is 703 g/mol. The minimum atomic E-state index is -0.264. The van der Waals surface area contributed by atoms with Gasteiger partial charge in [0, 0.05) is 43.4 Å². The van der Waals surface area contributed by atoms with Gasteiger partial charge in [-0.3, -0.25) is 4.79 Å². The molecule has 2 heterocycles. The maximum absolute atomic E-state index is 10.0. The molecule has 4 aromatic carbocycles. The molecule has 0 saturated heterocycles. The Hall–Kier alpha value is -4.05. The first-order chi connectivity index (χ1) is 18.8. The third kappa shape index (κ3) is 4.46. The van der Waals surface area contributed by atoms with Crippen LogP contribution >= 0.6 is 0 Å². The first-order valence-corrected chi connectivity index (χ1v) is 13.0. The Labute approximate surface area is 246 Å². The monoisotopic (exact) mass is 703 g/mol. The smallest absolute Gasteiger partial charge is 0.155 e. The Morgan fingerprint density at radius 2 is 1.68 bits per heavy atom. The van der Waals surface area contributed by atoms with Crippen molar-refractivity contribution in [1.82, 2.24) is 4.98 Å². The van der Waals surface area contributed by atoms with E-state index in [-0.39, 0.29) is 37.1 Å². The molecule has 6 aromatic rings. The number of carbonyl (C=O) groups excluding carboxylic acids is 1. The molecule has 0 bridgehead atoms. The Morgan fingerprint density at radius 1 is 0.950 bits per heavy atom. The first kappa shape index (κ1) is 27.5. The number of carbonyl (C=O) groups is 1. The van der Waals surface area contributed by atoms with E-state index < -0.39 is 0 Å². The summed E-state index contributed by atoms with van der Waals surface area (Å²) in [6, 6.07) is 31.0. The van der Waals surface area contributed by atoms with Gasteiger partial charge in [0.15, 0.2) is 5.78 Å². The summed E-state index contributed by atoms with van der Waals surface area (Å²) in [4.78, 5) is 15.0. The SMILES string of the molecule is CC(=O)/C=C(/C)O.CC1(C)c2c(ncc3ccccc23)-c2[c-]ccc3oc4c(-c5ccccc5)ccc1c4c23.[Ir]. The predicted octanol–water partition coefficient (Wildman–Crippen LogP) is 8.94. The van der Waals surface area contributed by atoms with Gasteiger partial charge in [-0.25, -0.2) is 0 Å². The topological polar surface area (TPSA) is 63.3 Å². The molecule has 201 valence electrons. The number of fused-ring (bicyclic) bond motifs is 4. The van der Waals surface area contributed by atoms with Crippen molar-refractivity contribution in [3.8, 4) is 22.4 Å². The number of hydrogen-bond donors (Lipinski definition) is 1. The second kappa shape index (κ2) is 10.5. The maximum atomic E-state index is 10.0. The van der Waals surface area contributed by atoms with E-state index in [9.17, 15) is 4.79 Å². The molecule has 7 rings (SSSR count). The number of ketones is 1. The van der Waals surface area contributed by atoms with Crippen LogP contribution in [0.1, 0.15) is 38.8 Å². The molecular formula is C35H28IrNO3-. The second-order valence-corrected chi connectivity index (χ2v) is 10.5. The van der Waals surface area contributed by atoms with Crippen LogP contribution < -0.4 is 0 Å². The zero-order valence-corrected chi connectivity index (χ0v) is 25.1. The van der Waals surface area contributed by atoms with Crippen LogP contribution in [-0.4, -0.2) is 15.9 Å². The van der Waals surface area contributed by atoms with Crippen LogP contribution in [0.2, 0.25) is 0 Å². The van der Waals surface area contributed by atoms with Gasteiger partial charge < -0.3 is 14.5 Å². The second-order valence-electron chi connectivity index (χ2n) is 10.5. The van der Waals surface area contributed by atoms with E-state index in [1.54, 1.807) is 0 Å². The fourth-order valence-electron chi connectivity index (χ4n) is 5.83. The fraction of sp³-hybridized carbons (Fsp3) is 0.143. The zero-order chi connectivity index (χ0) is 27.3. The van der Waals surface area contributed by atoms with Gasteiger partial charge in [-0.15, -0.1) is 17.7 Å². The minimum absolute atomic E-state index is 0. The Balaban J connectivity index is 0.000000362. The maximum Gasteiger partial charge on any atom is 0.155 e. The number of aliphatic hydroxyl groups is 1. The molecule has 0 unspecified atom stereocenters. The number of furan rings is 1. The number of nitrogens with zero attached hydrogens (tertiary/aromatic N) is 1. The summed E-state index contributed by atoms with van der Waals surface area (Å²) < 4.78 is 6.54. The van der Waals surface area contributed by atoms with Crippen molar-refractivity contribution in [2.75, 3.05) is 0 Å². The molecule has 4 nitrogen and oxygen atoms in total. The van der Waals surface area contributed by atoms with Gasteiger partial charge in [-0.1, -0.05) is 92.0 Å². The standard InChI is InChI=1S/C30H20NO.C5H8O2.Ir/c1-30(2)23-16-15-21(18-9-4-3-5-10-18)29-26(23)25-22(13-8-14-24(25)32-29)28-27(30)20-12-7-6-11-19(20)17-31-28;1-4(6)3-5(2)7;/h3-12,14-17H,1-2H3;3,6H,1-2H3;/q-1;;/b;4-3-;. The molecule has 0 saturated carbocycles. The number of rotatable bonds is 2. The van der Waals surface area contributed by atoms with Gasteiger partial charge in [0.05, 0.1) is 11.3 Å². The fourth-order valence-corrected chi connectivity index (χ4v) is 5.83. The quantitative estimate of drug-likeness (QED) is 0.111. The van der Waals surface area contributed by atoms with E-state index >= 15 is 0 Å². The van der Waals surface area contributed by atoms with Crippen LogP contribution in [0.25, 0.3) is 55.1 Å². The molecule has 1 aliphatic rings. The number of allylic oxidation sites excluding steroid dienone is 2. The Morgan fingerprint density at radius 3 is 2.38 bits per heavy atom. The molecule has 0 atom stereocenters. The van der Waals surface area contributed by atoms with Crippen molar-refractivity contribution in [3.63, 3.8) is 0 Å². The van der Waals surface area contributed by atoms with Crippen LogP contribution in [0.15, 0.2) is 101 Å². The average Bonchev–Trinajstić information content (AvgIpc) is 3.28. The summed E-state index contributed by atoms with van der Waals surface area (Å²) >= 11 is 0. The van der Waals surface area contributed by atoms with E-state index in [1.807, 2.05) is 24.4 Å². The van der Waals surface area contributed by atoms with Gasteiger partial charge >= 0.3 is 0 Å². The zero-order valence-electron chi connectivity index (χ0n) is 22.7. The van der Waals surface area contributed by atoms with Crippen molar-refractivity contribution in [2.45, 2.75) is 33.1 Å². The molecule has 1 radical (unpaired) electrons. The van der Waals surface area contributed by atoms with Gasteiger partial charge in [-0.2, -0.15) is 0 Å². The summed E-state index contributed by atoms with van der Waals surface area (Å²) in [5, 5.41) is 13.1. The third-order valence-corrected chi connectivity index (χ3v) is 7.41. The molecule has 1 N–H and O–H groups in total. The Bertz CT molecular complexity index is 1930. The number of benzene rings is 4. The molecule has 5 heteroatoms. The number of aliphatic hydroxyl groups excluding tert-OH is 1. The summed E-state index contributed by atoms with van der Waals surface area (Å²) in [6.45, 7) is 7.46. The summed E-state index contributed by atoms with van der Waals surface area (Å²) in [5.41, 5.74) is 8.39. The minimum Gasteiger partial charge on any atom is -0.512 e. The molecular weight excluding hydrogens is 675 g/mol. The van der Waals surface area contributed by atoms with Crippen LogP contribution in [0, 0.1) is 6.07 Å².